The van der Waals surface area contributed by atoms with Gasteiger partial charge in [0.25, 0.3) is 0 Å². The molecular weight excluding hydrogens is 490 g/mol. The van der Waals surface area contributed by atoms with E-state index >= 15 is 0 Å². The SMILES string of the molecule is Nc1ccccc1-c1c(Cl)ccc(Sc2ccc(Cl)c(-c3ccccc3N)c2Cl)c1Cl. The van der Waals surface area contributed by atoms with Crippen molar-refractivity contribution in [2.24, 2.45) is 0 Å². The van der Waals surface area contributed by atoms with Gasteiger partial charge in [0.15, 0.2) is 0 Å². The van der Waals surface area contributed by atoms with Crippen molar-refractivity contribution >= 4 is 69.5 Å². The predicted octanol–water partition coefficient (Wildman–Crippen LogP) is 8.95. The molecular formula is C24H16Cl4N2S. The minimum absolute atomic E-state index is 0.502. The molecule has 0 aromatic heterocycles. The summed E-state index contributed by atoms with van der Waals surface area (Å²) in [4.78, 5) is 1.58. The van der Waals surface area contributed by atoms with Gasteiger partial charge >= 0.3 is 0 Å². The maximum Gasteiger partial charge on any atom is 0.0639 e. The molecule has 4 aromatic carbocycles. The first-order chi connectivity index (χ1) is 14.9. The number of benzene rings is 4. The number of rotatable bonds is 4. The Morgan fingerprint density at radius 3 is 1.29 bits per heavy atom. The van der Waals surface area contributed by atoms with Crippen molar-refractivity contribution in [3.63, 3.8) is 0 Å². The molecule has 0 atom stereocenters. The van der Waals surface area contributed by atoms with Crippen LogP contribution in [0.1, 0.15) is 0 Å². The van der Waals surface area contributed by atoms with Crippen molar-refractivity contribution in [1.82, 2.24) is 0 Å². The Kier molecular flexibility index (Phi) is 6.61. The average Bonchev–Trinajstić information content (AvgIpc) is 2.74. The summed E-state index contributed by atoms with van der Waals surface area (Å²) in [6.45, 7) is 0. The molecule has 31 heavy (non-hydrogen) atoms. The summed E-state index contributed by atoms with van der Waals surface area (Å²) in [5.74, 6) is 0. The minimum atomic E-state index is 0.502. The average molecular weight is 506 g/mol. The summed E-state index contributed by atoms with van der Waals surface area (Å²) < 4.78 is 0. The summed E-state index contributed by atoms with van der Waals surface area (Å²) in [7, 11) is 0. The number of para-hydroxylation sites is 2. The van der Waals surface area contributed by atoms with Gasteiger partial charge in [0.2, 0.25) is 0 Å². The summed E-state index contributed by atoms with van der Waals surface area (Å²) in [6, 6.07) is 22.3. The van der Waals surface area contributed by atoms with E-state index in [-0.39, 0.29) is 0 Å². The molecule has 0 bridgehead atoms. The van der Waals surface area contributed by atoms with E-state index in [1.165, 1.54) is 11.8 Å². The quantitative estimate of drug-likeness (QED) is 0.272. The summed E-state index contributed by atoms with van der Waals surface area (Å²) in [5.41, 5.74) is 16.4. The lowest BCUT2D eigenvalue weighted by Gasteiger charge is -2.16. The molecule has 4 N–H and O–H groups in total. The summed E-state index contributed by atoms with van der Waals surface area (Å²) in [6.07, 6.45) is 0. The molecule has 0 radical (unpaired) electrons. The number of anilines is 2. The maximum absolute atomic E-state index is 6.79. The molecule has 0 saturated heterocycles. The van der Waals surface area contributed by atoms with Gasteiger partial charge in [0, 0.05) is 43.4 Å². The highest BCUT2D eigenvalue weighted by Crippen LogP contribution is 2.48. The lowest BCUT2D eigenvalue weighted by molar-refractivity contribution is 1.40. The Labute approximate surface area is 205 Å². The molecule has 4 aromatic rings. The molecule has 0 saturated carbocycles. The molecule has 2 nitrogen and oxygen atoms in total. The normalized spacial score (nSPS) is 11.0. The van der Waals surface area contributed by atoms with Gasteiger partial charge in [0.05, 0.1) is 20.1 Å². The minimum Gasteiger partial charge on any atom is -0.398 e. The molecule has 0 aliphatic carbocycles. The van der Waals surface area contributed by atoms with Crippen molar-refractivity contribution in [3.05, 3.63) is 92.9 Å². The third kappa shape index (κ3) is 4.34. The van der Waals surface area contributed by atoms with Crippen LogP contribution in [0.4, 0.5) is 11.4 Å². The Balaban J connectivity index is 1.81. The Bertz CT molecular complexity index is 1190. The van der Waals surface area contributed by atoms with Gasteiger partial charge in [-0.05, 0) is 36.4 Å². The zero-order chi connectivity index (χ0) is 22.1. The van der Waals surface area contributed by atoms with Crippen molar-refractivity contribution < 1.29 is 0 Å². The highest BCUT2D eigenvalue weighted by Gasteiger charge is 2.19. The lowest BCUT2D eigenvalue weighted by Crippen LogP contribution is -1.93. The first-order valence-electron chi connectivity index (χ1n) is 9.22. The summed E-state index contributed by atoms with van der Waals surface area (Å²) >= 11 is 28.0. The Hall–Kier alpha value is -2.01. The monoisotopic (exact) mass is 504 g/mol. The molecule has 156 valence electrons. The second kappa shape index (κ2) is 9.23. The van der Waals surface area contributed by atoms with Crippen LogP contribution in [0.5, 0.6) is 0 Å². The second-order valence-electron chi connectivity index (χ2n) is 6.75. The van der Waals surface area contributed by atoms with Crippen LogP contribution in [0.2, 0.25) is 20.1 Å². The third-order valence-corrected chi connectivity index (χ3v) is 7.55. The highest BCUT2D eigenvalue weighted by molar-refractivity contribution is 7.99. The molecule has 7 heteroatoms. The second-order valence-corrected chi connectivity index (χ2v) is 9.40. The Morgan fingerprint density at radius 2 is 0.903 bits per heavy atom. The van der Waals surface area contributed by atoms with Crippen LogP contribution in [-0.4, -0.2) is 0 Å². The molecule has 0 heterocycles. The van der Waals surface area contributed by atoms with Gasteiger partial charge in [0.1, 0.15) is 0 Å². The fourth-order valence-electron chi connectivity index (χ4n) is 3.29. The molecule has 0 fully saturated rings. The topological polar surface area (TPSA) is 52.0 Å². The van der Waals surface area contributed by atoms with E-state index < -0.39 is 0 Å². The van der Waals surface area contributed by atoms with E-state index in [9.17, 15) is 0 Å². The van der Waals surface area contributed by atoms with Crippen LogP contribution < -0.4 is 11.5 Å². The van der Waals surface area contributed by atoms with E-state index in [1.54, 1.807) is 12.1 Å². The number of halogens is 4. The molecule has 0 unspecified atom stereocenters. The molecule has 0 aliphatic rings. The van der Waals surface area contributed by atoms with E-state index in [0.717, 1.165) is 20.9 Å². The van der Waals surface area contributed by atoms with Crippen LogP contribution in [0.15, 0.2) is 82.6 Å². The number of nitrogens with two attached hydrogens (primary N) is 2. The van der Waals surface area contributed by atoms with Gasteiger partial charge < -0.3 is 11.5 Å². The smallest absolute Gasteiger partial charge is 0.0639 e. The maximum atomic E-state index is 6.79. The lowest BCUT2D eigenvalue weighted by atomic mass is 10.0. The van der Waals surface area contributed by atoms with Crippen molar-refractivity contribution in [2.75, 3.05) is 11.5 Å². The third-order valence-electron chi connectivity index (χ3n) is 4.79. The van der Waals surface area contributed by atoms with E-state index in [4.69, 9.17) is 57.9 Å². The van der Waals surface area contributed by atoms with Crippen LogP contribution in [0, 0.1) is 0 Å². The van der Waals surface area contributed by atoms with Gasteiger partial charge in [-0.15, -0.1) is 0 Å². The molecule has 0 spiro atoms. The van der Waals surface area contributed by atoms with Crippen LogP contribution >= 0.6 is 58.2 Å². The highest BCUT2D eigenvalue weighted by atomic mass is 35.5. The van der Waals surface area contributed by atoms with Gasteiger partial charge in [-0.2, -0.15) is 0 Å². The zero-order valence-corrected chi connectivity index (χ0v) is 19.8. The molecule has 0 amide bonds. The first kappa shape index (κ1) is 22.2. The van der Waals surface area contributed by atoms with Crippen LogP contribution in [0.3, 0.4) is 0 Å². The summed E-state index contributed by atoms with van der Waals surface area (Å²) in [5, 5.41) is 2.05. The van der Waals surface area contributed by atoms with Gasteiger partial charge in [-0.25, -0.2) is 0 Å². The standard InChI is InChI=1S/C24H16Cl4N2S/c25-15-9-11-19(23(27)21(15)13-5-1-3-7-17(13)29)31-20-12-10-16(26)22(24(20)28)14-6-2-4-8-18(14)30/h1-12H,29-30H2. The van der Waals surface area contributed by atoms with Crippen LogP contribution in [-0.2, 0) is 0 Å². The first-order valence-corrected chi connectivity index (χ1v) is 11.5. The Morgan fingerprint density at radius 1 is 0.516 bits per heavy atom. The number of nitrogen functional groups attached to an aromatic ring is 2. The van der Waals surface area contributed by atoms with Crippen LogP contribution in [0.25, 0.3) is 22.3 Å². The van der Waals surface area contributed by atoms with E-state index in [0.29, 0.717) is 42.6 Å². The fourth-order valence-corrected chi connectivity index (χ4v) is 5.56. The van der Waals surface area contributed by atoms with Crippen molar-refractivity contribution in [1.29, 1.82) is 0 Å². The molecule has 4 rings (SSSR count). The van der Waals surface area contributed by atoms with E-state index in [1.807, 2.05) is 60.7 Å². The predicted molar refractivity (Wildman–Crippen MR) is 137 cm³/mol. The largest absolute Gasteiger partial charge is 0.398 e. The van der Waals surface area contributed by atoms with E-state index in [2.05, 4.69) is 0 Å². The molecule has 0 aliphatic heterocycles. The zero-order valence-electron chi connectivity index (χ0n) is 16.0. The fraction of sp³-hybridized carbons (Fsp3) is 0. The van der Waals surface area contributed by atoms with Gasteiger partial charge in [-0.3, -0.25) is 0 Å². The van der Waals surface area contributed by atoms with Gasteiger partial charge in [-0.1, -0.05) is 94.6 Å². The van der Waals surface area contributed by atoms with Crippen molar-refractivity contribution in [2.45, 2.75) is 9.79 Å². The van der Waals surface area contributed by atoms with Crippen molar-refractivity contribution in [3.8, 4) is 22.3 Å². The number of hydrogen-bond acceptors (Lipinski definition) is 3. The number of hydrogen-bond donors (Lipinski definition) is 2.